The zero-order valence-corrected chi connectivity index (χ0v) is 11.4. The second-order valence-electron chi connectivity index (χ2n) is 3.74. The molecule has 1 unspecified atom stereocenters. The third-order valence-electron chi connectivity index (χ3n) is 2.34. The Morgan fingerprint density at radius 2 is 2.06 bits per heavy atom. The summed E-state index contributed by atoms with van der Waals surface area (Å²) in [4.78, 5) is 10.7. The third kappa shape index (κ3) is 4.01. The highest BCUT2D eigenvalue weighted by atomic mass is 79.9. The summed E-state index contributed by atoms with van der Waals surface area (Å²) in [5.41, 5.74) is 1.03. The van der Waals surface area contributed by atoms with Crippen molar-refractivity contribution in [3.05, 3.63) is 29.3 Å². The predicted octanol–water partition coefficient (Wildman–Crippen LogP) is 4.17. The molecule has 0 bridgehead atoms. The Labute approximate surface area is 111 Å². The number of hydrogen-bond acceptors (Lipinski definition) is 2. The zero-order valence-electron chi connectivity index (χ0n) is 9.84. The van der Waals surface area contributed by atoms with Gasteiger partial charge in [-0.15, -0.1) is 13.2 Å². The first-order valence-electron chi connectivity index (χ1n) is 5.27. The number of Topliss-reactive ketones (excluding diaryl/α,β-unsaturated/α-hetero) is 1. The van der Waals surface area contributed by atoms with E-state index in [4.69, 9.17) is 0 Å². The third-order valence-corrected chi connectivity index (χ3v) is 3.51. The minimum atomic E-state index is -4.71. The van der Waals surface area contributed by atoms with E-state index in [0.717, 1.165) is 0 Å². The van der Waals surface area contributed by atoms with E-state index >= 15 is 0 Å². The van der Waals surface area contributed by atoms with E-state index in [1.54, 1.807) is 13.0 Å². The summed E-state index contributed by atoms with van der Waals surface area (Å²) < 4.78 is 40.4. The number of hydrogen-bond donors (Lipinski definition) is 0. The fourth-order valence-corrected chi connectivity index (χ4v) is 1.78. The van der Waals surface area contributed by atoms with Crippen molar-refractivity contribution in [2.45, 2.75) is 31.5 Å². The van der Waals surface area contributed by atoms with Crippen LogP contribution in [-0.4, -0.2) is 12.1 Å². The summed E-state index contributed by atoms with van der Waals surface area (Å²) in [6, 6.07) is 4.22. The lowest BCUT2D eigenvalue weighted by Gasteiger charge is -2.15. The minimum Gasteiger partial charge on any atom is -0.406 e. The molecule has 18 heavy (non-hydrogen) atoms. The van der Waals surface area contributed by atoms with Crippen molar-refractivity contribution in [3.63, 3.8) is 0 Å². The lowest BCUT2D eigenvalue weighted by atomic mass is 10.0. The minimum absolute atomic E-state index is 0.110. The summed E-state index contributed by atoms with van der Waals surface area (Å²) in [7, 11) is 0. The fraction of sp³-hybridized carbons (Fsp3) is 0.417. The summed E-state index contributed by atoms with van der Waals surface area (Å²) >= 11 is 3.19. The number of ether oxygens (including phenoxy) is 1. The second kappa shape index (κ2) is 5.73. The van der Waals surface area contributed by atoms with Gasteiger partial charge in [0.1, 0.15) is 11.5 Å². The molecule has 0 heterocycles. The maximum atomic E-state index is 12.2. The van der Waals surface area contributed by atoms with Crippen LogP contribution in [0.3, 0.4) is 0 Å². The Balaban J connectivity index is 3.07. The summed E-state index contributed by atoms with van der Waals surface area (Å²) in [5.74, 6) is -0.335. The molecule has 1 aromatic rings. The van der Waals surface area contributed by atoms with Gasteiger partial charge in [0.15, 0.2) is 0 Å². The number of aryl methyl sites for hydroxylation is 1. The van der Waals surface area contributed by atoms with E-state index in [1.807, 2.05) is 0 Å². The molecule has 100 valence electrons. The van der Waals surface area contributed by atoms with Gasteiger partial charge in [-0.2, -0.15) is 0 Å². The molecule has 0 N–H and O–H groups in total. The molecular weight excluding hydrogens is 313 g/mol. The average Bonchev–Trinajstić information content (AvgIpc) is 2.26. The SMILES string of the molecule is CCc1cc(C(Br)C(C)=O)ccc1OC(F)(F)F. The number of carbonyl (C=O) groups is 1. The number of ketones is 1. The van der Waals surface area contributed by atoms with Crippen molar-refractivity contribution in [1.82, 2.24) is 0 Å². The van der Waals surface area contributed by atoms with Gasteiger partial charge in [-0.05, 0) is 30.5 Å². The van der Waals surface area contributed by atoms with Gasteiger partial charge >= 0.3 is 6.36 Å². The highest BCUT2D eigenvalue weighted by Gasteiger charge is 2.32. The molecule has 1 atom stereocenters. The van der Waals surface area contributed by atoms with Gasteiger partial charge in [-0.3, -0.25) is 4.79 Å². The van der Waals surface area contributed by atoms with Crippen LogP contribution < -0.4 is 4.74 Å². The maximum absolute atomic E-state index is 12.2. The summed E-state index contributed by atoms with van der Waals surface area (Å²) in [6.07, 6.45) is -4.32. The number of alkyl halides is 4. The molecular formula is C12H12BrF3O2. The largest absolute Gasteiger partial charge is 0.573 e. The molecule has 6 heteroatoms. The molecule has 0 radical (unpaired) electrons. The molecule has 0 aliphatic carbocycles. The van der Waals surface area contributed by atoms with Crippen LogP contribution in [0.25, 0.3) is 0 Å². The molecule has 0 aromatic heterocycles. The number of halogens is 4. The Kier molecular flexibility index (Phi) is 4.78. The van der Waals surface area contributed by atoms with E-state index < -0.39 is 11.2 Å². The topological polar surface area (TPSA) is 26.3 Å². The van der Waals surface area contributed by atoms with Crippen LogP contribution in [0.15, 0.2) is 18.2 Å². The molecule has 0 fully saturated rings. The van der Waals surface area contributed by atoms with Gasteiger partial charge in [0.05, 0.1) is 4.83 Å². The van der Waals surface area contributed by atoms with E-state index in [2.05, 4.69) is 20.7 Å². The maximum Gasteiger partial charge on any atom is 0.573 e. The van der Waals surface area contributed by atoms with E-state index in [1.165, 1.54) is 19.1 Å². The predicted molar refractivity (Wildman–Crippen MR) is 64.9 cm³/mol. The molecule has 1 rings (SSSR count). The smallest absolute Gasteiger partial charge is 0.406 e. The number of rotatable bonds is 4. The van der Waals surface area contributed by atoms with Crippen LogP contribution in [0.2, 0.25) is 0 Å². The first kappa shape index (κ1) is 15.0. The second-order valence-corrected chi connectivity index (χ2v) is 4.66. The summed E-state index contributed by atoms with van der Waals surface area (Å²) in [5, 5.41) is 0. The lowest BCUT2D eigenvalue weighted by Crippen LogP contribution is -2.18. The van der Waals surface area contributed by atoms with Crippen LogP contribution in [0.4, 0.5) is 13.2 Å². The van der Waals surface area contributed by atoms with Crippen molar-refractivity contribution in [2.24, 2.45) is 0 Å². The molecule has 0 aliphatic heterocycles. The Morgan fingerprint density at radius 1 is 1.44 bits per heavy atom. The van der Waals surface area contributed by atoms with Crippen molar-refractivity contribution in [1.29, 1.82) is 0 Å². The van der Waals surface area contributed by atoms with Crippen LogP contribution in [0, 0.1) is 0 Å². The van der Waals surface area contributed by atoms with Crippen molar-refractivity contribution in [3.8, 4) is 5.75 Å². The molecule has 0 saturated heterocycles. The quantitative estimate of drug-likeness (QED) is 0.777. The Bertz CT molecular complexity index is 443. The summed E-state index contributed by atoms with van der Waals surface area (Å²) in [6.45, 7) is 3.13. The molecule has 0 aliphatic rings. The molecule has 0 amide bonds. The van der Waals surface area contributed by atoms with Gasteiger partial charge < -0.3 is 4.74 Å². The lowest BCUT2D eigenvalue weighted by molar-refractivity contribution is -0.274. The van der Waals surface area contributed by atoms with E-state index in [0.29, 0.717) is 17.5 Å². The first-order chi connectivity index (χ1) is 8.24. The van der Waals surface area contributed by atoms with Crippen LogP contribution >= 0.6 is 15.9 Å². The standard InChI is InChI=1S/C12H12BrF3O2/c1-3-8-6-9(11(13)7(2)17)4-5-10(8)18-12(14,15)16/h4-6,11H,3H2,1-2H3. The molecule has 2 nitrogen and oxygen atoms in total. The van der Waals surface area contributed by atoms with Crippen molar-refractivity contribution in [2.75, 3.05) is 0 Å². The van der Waals surface area contributed by atoms with E-state index in [-0.39, 0.29) is 11.5 Å². The zero-order chi connectivity index (χ0) is 13.9. The molecule has 0 saturated carbocycles. The van der Waals surface area contributed by atoms with E-state index in [9.17, 15) is 18.0 Å². The van der Waals surface area contributed by atoms with Gasteiger partial charge in [0, 0.05) is 0 Å². The van der Waals surface area contributed by atoms with Crippen LogP contribution in [-0.2, 0) is 11.2 Å². The first-order valence-corrected chi connectivity index (χ1v) is 6.19. The Hall–Kier alpha value is -1.04. The normalized spacial score (nSPS) is 13.2. The van der Waals surface area contributed by atoms with Gasteiger partial charge in [0.25, 0.3) is 0 Å². The average molecular weight is 325 g/mol. The Morgan fingerprint density at radius 3 is 2.50 bits per heavy atom. The highest BCUT2D eigenvalue weighted by molar-refractivity contribution is 9.09. The number of carbonyl (C=O) groups excluding carboxylic acids is 1. The van der Waals surface area contributed by atoms with Crippen LogP contribution in [0.5, 0.6) is 5.75 Å². The van der Waals surface area contributed by atoms with Gasteiger partial charge in [-0.1, -0.05) is 35.0 Å². The van der Waals surface area contributed by atoms with Crippen molar-refractivity contribution < 1.29 is 22.7 Å². The van der Waals surface area contributed by atoms with Crippen LogP contribution in [0.1, 0.15) is 29.8 Å². The molecule has 1 aromatic carbocycles. The monoisotopic (exact) mass is 324 g/mol. The highest BCUT2D eigenvalue weighted by Crippen LogP contribution is 2.31. The van der Waals surface area contributed by atoms with Gasteiger partial charge in [0.2, 0.25) is 0 Å². The van der Waals surface area contributed by atoms with Gasteiger partial charge in [-0.25, -0.2) is 0 Å². The fourth-order valence-electron chi connectivity index (χ4n) is 1.49. The molecule has 0 spiro atoms. The number of benzene rings is 1. The van der Waals surface area contributed by atoms with Crippen molar-refractivity contribution >= 4 is 21.7 Å².